The highest BCUT2D eigenvalue weighted by atomic mass is 16.6. The summed E-state index contributed by atoms with van der Waals surface area (Å²) in [6.07, 6.45) is 0.805. The molecule has 276 valence electrons. The molecule has 0 radical (unpaired) electrons. The van der Waals surface area contributed by atoms with Crippen molar-refractivity contribution in [1.29, 1.82) is 0 Å². The number of hydrogen-bond donors (Lipinski definition) is 0. The molecular formula is C43H62O7. The minimum Gasteiger partial charge on any atom is -0.482 e. The highest BCUT2D eigenvalue weighted by Crippen LogP contribution is 2.67. The van der Waals surface area contributed by atoms with Gasteiger partial charge in [0.15, 0.2) is 6.61 Å². The highest BCUT2D eigenvalue weighted by molar-refractivity contribution is 5.79. The molecule has 7 heteroatoms. The molecule has 0 aliphatic carbocycles. The number of carbonyl (C=O) groups excluding carboxylic acids is 2. The standard InChI is InChI=1S/C43H62O7/c1-37(2,3)40(9,10)32(26-39(7,8)42(13,14)43(15,36(46)47-16)41(11,12)38(4,5)6)28-17-20-30(21-18-28)49-35(45)27-48-31-22-23-33-29(25-31)19-24-34(44)50-33/h17-25,32H,26-27H2,1-16H3. The van der Waals surface area contributed by atoms with Crippen molar-refractivity contribution in [3.8, 4) is 11.5 Å². The molecule has 0 bridgehead atoms. The summed E-state index contributed by atoms with van der Waals surface area (Å²) in [5.74, 6) is 0.272. The summed E-state index contributed by atoms with van der Waals surface area (Å²) in [7, 11) is 1.50. The number of hydrogen-bond acceptors (Lipinski definition) is 7. The molecule has 1 heterocycles. The molecule has 3 rings (SSSR count). The maximum Gasteiger partial charge on any atom is 0.349 e. The van der Waals surface area contributed by atoms with E-state index in [9.17, 15) is 14.4 Å². The van der Waals surface area contributed by atoms with Gasteiger partial charge in [0.1, 0.15) is 17.1 Å². The first kappa shape index (κ1) is 40.8. The Hall–Kier alpha value is -3.61. The van der Waals surface area contributed by atoms with Crippen LogP contribution < -0.4 is 15.1 Å². The molecule has 0 fully saturated rings. The highest BCUT2D eigenvalue weighted by Gasteiger charge is 2.65. The van der Waals surface area contributed by atoms with Crippen molar-refractivity contribution in [3.05, 3.63) is 70.6 Å². The van der Waals surface area contributed by atoms with Crippen LogP contribution in [0.15, 0.2) is 63.8 Å². The second kappa shape index (κ2) is 13.8. The Bertz CT molecular complexity index is 1730. The van der Waals surface area contributed by atoms with Crippen LogP contribution in [0.3, 0.4) is 0 Å². The summed E-state index contributed by atoms with van der Waals surface area (Å²) in [4.78, 5) is 38.2. The maximum absolute atomic E-state index is 14.0. The van der Waals surface area contributed by atoms with Crippen molar-refractivity contribution >= 4 is 22.9 Å². The van der Waals surface area contributed by atoms with Gasteiger partial charge >= 0.3 is 17.6 Å². The Balaban J connectivity index is 1.92. The zero-order valence-electron chi connectivity index (χ0n) is 33.5. The molecule has 3 aromatic rings. The maximum atomic E-state index is 14.0. The summed E-state index contributed by atoms with van der Waals surface area (Å²) < 4.78 is 22.1. The molecule has 0 aliphatic heterocycles. The summed E-state index contributed by atoms with van der Waals surface area (Å²) in [6, 6.07) is 15.8. The topological polar surface area (TPSA) is 92.0 Å². The minimum atomic E-state index is -0.824. The van der Waals surface area contributed by atoms with Crippen LogP contribution in [0.1, 0.15) is 122 Å². The van der Waals surface area contributed by atoms with E-state index in [4.69, 9.17) is 18.6 Å². The van der Waals surface area contributed by atoms with Gasteiger partial charge in [0.2, 0.25) is 0 Å². The fourth-order valence-corrected chi connectivity index (χ4v) is 7.21. The van der Waals surface area contributed by atoms with E-state index in [1.807, 2.05) is 12.1 Å². The lowest BCUT2D eigenvalue weighted by molar-refractivity contribution is -0.198. The van der Waals surface area contributed by atoms with Crippen LogP contribution in [0.2, 0.25) is 0 Å². The first-order chi connectivity index (χ1) is 22.6. The lowest BCUT2D eigenvalue weighted by Crippen LogP contribution is -2.61. The molecule has 2 unspecified atom stereocenters. The van der Waals surface area contributed by atoms with Crippen LogP contribution in [-0.4, -0.2) is 25.7 Å². The van der Waals surface area contributed by atoms with E-state index in [1.165, 1.54) is 13.2 Å². The van der Waals surface area contributed by atoms with E-state index < -0.39 is 27.8 Å². The fourth-order valence-electron chi connectivity index (χ4n) is 7.21. The Labute approximate surface area is 300 Å². The number of benzene rings is 2. The number of rotatable bonds is 12. The SMILES string of the molecule is COC(=O)C(C)(C(C)(C)C(C)(C)C)C(C)(C)C(C)(C)CC(c1ccc(OC(=O)COc2ccc3oc(=O)ccc3c2)cc1)C(C)(C)C(C)(C)C. The third kappa shape index (κ3) is 7.52. The summed E-state index contributed by atoms with van der Waals surface area (Å²) in [6.45, 7) is 33.4. The van der Waals surface area contributed by atoms with Gasteiger partial charge in [-0.05, 0) is 93.7 Å². The Morgan fingerprint density at radius 1 is 0.700 bits per heavy atom. The third-order valence-corrected chi connectivity index (χ3v) is 13.6. The van der Waals surface area contributed by atoms with Crippen molar-refractivity contribution in [2.75, 3.05) is 13.7 Å². The van der Waals surface area contributed by atoms with Crippen LogP contribution >= 0.6 is 0 Å². The van der Waals surface area contributed by atoms with E-state index in [0.29, 0.717) is 22.5 Å². The van der Waals surface area contributed by atoms with Gasteiger partial charge < -0.3 is 18.6 Å². The quantitative estimate of drug-likeness (QED) is 0.106. The molecule has 0 N–H and O–H groups in total. The fraction of sp³-hybridized carbons (Fsp3) is 0.605. The van der Waals surface area contributed by atoms with Crippen LogP contribution in [0.5, 0.6) is 11.5 Å². The molecular weight excluding hydrogens is 628 g/mol. The van der Waals surface area contributed by atoms with Crippen LogP contribution in [0, 0.1) is 37.9 Å². The van der Waals surface area contributed by atoms with Crippen molar-refractivity contribution < 1.29 is 28.2 Å². The monoisotopic (exact) mass is 690 g/mol. The number of ether oxygens (including phenoxy) is 3. The lowest BCUT2D eigenvalue weighted by Gasteiger charge is -2.62. The van der Waals surface area contributed by atoms with Crippen molar-refractivity contribution in [1.82, 2.24) is 0 Å². The van der Waals surface area contributed by atoms with Gasteiger partial charge in [0, 0.05) is 11.5 Å². The van der Waals surface area contributed by atoms with Gasteiger partial charge in [0.25, 0.3) is 0 Å². The van der Waals surface area contributed by atoms with Crippen molar-refractivity contribution in [2.24, 2.45) is 37.9 Å². The average molecular weight is 691 g/mol. The molecule has 50 heavy (non-hydrogen) atoms. The van der Waals surface area contributed by atoms with E-state index in [1.54, 1.807) is 24.3 Å². The summed E-state index contributed by atoms with van der Waals surface area (Å²) in [5.41, 5.74) is -1.29. The number of esters is 2. The molecule has 2 aromatic carbocycles. The van der Waals surface area contributed by atoms with Gasteiger partial charge in [-0.1, -0.05) is 109 Å². The van der Waals surface area contributed by atoms with Gasteiger partial charge in [0.05, 0.1) is 12.5 Å². The Kier molecular flexibility index (Phi) is 11.3. The Morgan fingerprint density at radius 2 is 1.26 bits per heavy atom. The van der Waals surface area contributed by atoms with Gasteiger partial charge in [-0.15, -0.1) is 0 Å². The normalized spacial score (nSPS) is 15.3. The lowest BCUT2D eigenvalue weighted by atomic mass is 9.40. The summed E-state index contributed by atoms with van der Waals surface area (Å²) in [5, 5.41) is 0.693. The van der Waals surface area contributed by atoms with Gasteiger partial charge in [-0.3, -0.25) is 4.79 Å². The second-order valence-electron chi connectivity index (χ2n) is 18.5. The van der Waals surface area contributed by atoms with Crippen molar-refractivity contribution in [2.45, 2.75) is 116 Å². The number of methoxy groups -OCH3 is 1. The Morgan fingerprint density at radius 3 is 1.78 bits per heavy atom. The third-order valence-electron chi connectivity index (χ3n) is 13.6. The van der Waals surface area contributed by atoms with Gasteiger partial charge in [-0.25, -0.2) is 9.59 Å². The average Bonchev–Trinajstić information content (AvgIpc) is 3.00. The molecule has 0 aliphatic rings. The molecule has 0 saturated carbocycles. The number of carbonyl (C=O) groups is 2. The first-order valence-electron chi connectivity index (χ1n) is 17.7. The predicted molar refractivity (Wildman–Crippen MR) is 202 cm³/mol. The van der Waals surface area contributed by atoms with Gasteiger partial charge in [-0.2, -0.15) is 0 Å². The van der Waals surface area contributed by atoms with Crippen molar-refractivity contribution in [3.63, 3.8) is 0 Å². The minimum absolute atomic E-state index is 0.0508. The largest absolute Gasteiger partial charge is 0.482 e. The van der Waals surface area contributed by atoms with E-state index in [-0.39, 0.29) is 40.2 Å². The zero-order chi connectivity index (χ0) is 38.3. The van der Waals surface area contributed by atoms with E-state index >= 15 is 0 Å². The van der Waals surface area contributed by atoms with Crippen LogP contribution in [-0.2, 0) is 14.3 Å². The first-order valence-corrected chi connectivity index (χ1v) is 17.7. The van der Waals surface area contributed by atoms with Crippen LogP contribution in [0.25, 0.3) is 11.0 Å². The molecule has 2 atom stereocenters. The molecule has 0 spiro atoms. The smallest absolute Gasteiger partial charge is 0.349 e. The molecule has 0 saturated heterocycles. The predicted octanol–water partition coefficient (Wildman–Crippen LogP) is 10.6. The zero-order valence-corrected chi connectivity index (χ0v) is 33.5. The molecule has 0 amide bonds. The molecule has 1 aromatic heterocycles. The van der Waals surface area contributed by atoms with E-state index in [2.05, 4.69) is 116 Å². The second-order valence-corrected chi connectivity index (χ2v) is 18.5. The van der Waals surface area contributed by atoms with Crippen LogP contribution in [0.4, 0.5) is 0 Å². The molecule has 7 nitrogen and oxygen atoms in total. The van der Waals surface area contributed by atoms with E-state index in [0.717, 1.165) is 12.0 Å². The number of fused-ring (bicyclic) bond motifs is 1. The summed E-state index contributed by atoms with van der Waals surface area (Å²) >= 11 is 0.